The lowest BCUT2D eigenvalue weighted by Crippen LogP contribution is -2.38. The fraction of sp³-hybridized carbons (Fsp3) is 0.333. The van der Waals surface area contributed by atoms with E-state index >= 15 is 0 Å². The maximum atomic E-state index is 11.3. The molecule has 0 N–H and O–H groups in total. The summed E-state index contributed by atoms with van der Waals surface area (Å²) in [6, 6.07) is 9.26. The van der Waals surface area contributed by atoms with Gasteiger partial charge in [-0.25, -0.2) is 0 Å². The van der Waals surface area contributed by atoms with Gasteiger partial charge in [-0.3, -0.25) is 10.1 Å². The third-order valence-electron chi connectivity index (χ3n) is 3.66. The molecule has 1 saturated heterocycles. The smallest absolute Gasteiger partial charge is 0.292 e. The van der Waals surface area contributed by atoms with Crippen molar-refractivity contribution in [1.82, 2.24) is 0 Å². The van der Waals surface area contributed by atoms with Gasteiger partial charge in [0.2, 0.25) is 0 Å². The Kier molecular flexibility index (Phi) is 3.90. The molecule has 1 fully saturated rings. The van der Waals surface area contributed by atoms with E-state index in [9.17, 15) is 10.1 Å². The Labute approximate surface area is 126 Å². The standard InChI is InChI=1S/C15H16N2O3S/c1-11-4-2-5-12(17(18)19)15(11)16-7-8-20-13(10-16)14-6-3-9-21-14/h2-6,9,13H,7-8,10H2,1H3. The molecule has 21 heavy (non-hydrogen) atoms. The molecule has 0 saturated carbocycles. The van der Waals surface area contributed by atoms with Crippen LogP contribution in [0.25, 0.3) is 0 Å². The van der Waals surface area contributed by atoms with Crippen LogP contribution in [-0.4, -0.2) is 24.6 Å². The molecule has 1 atom stereocenters. The molecule has 1 aliphatic rings. The number of thiophene rings is 1. The van der Waals surface area contributed by atoms with E-state index in [1.165, 1.54) is 0 Å². The molecule has 110 valence electrons. The Morgan fingerprint density at radius 2 is 2.24 bits per heavy atom. The first-order valence-electron chi connectivity index (χ1n) is 6.81. The van der Waals surface area contributed by atoms with E-state index in [2.05, 4.69) is 4.90 Å². The SMILES string of the molecule is Cc1cccc([N+](=O)[O-])c1N1CCOC(c2cccs2)C1. The van der Waals surface area contributed by atoms with Crippen LogP contribution in [0.2, 0.25) is 0 Å². The average Bonchev–Trinajstić information content (AvgIpc) is 3.01. The minimum absolute atomic E-state index is 0.0158. The van der Waals surface area contributed by atoms with Gasteiger partial charge in [0, 0.05) is 24.0 Å². The summed E-state index contributed by atoms with van der Waals surface area (Å²) in [4.78, 5) is 14.2. The van der Waals surface area contributed by atoms with Crippen molar-refractivity contribution >= 4 is 22.7 Å². The van der Waals surface area contributed by atoms with Crippen molar-refractivity contribution in [3.8, 4) is 0 Å². The van der Waals surface area contributed by atoms with Gasteiger partial charge in [-0.15, -0.1) is 11.3 Å². The number of anilines is 1. The van der Waals surface area contributed by atoms with Crippen LogP contribution in [0.15, 0.2) is 35.7 Å². The third-order valence-corrected chi connectivity index (χ3v) is 4.62. The van der Waals surface area contributed by atoms with Gasteiger partial charge in [-0.2, -0.15) is 0 Å². The Morgan fingerprint density at radius 3 is 2.95 bits per heavy atom. The van der Waals surface area contributed by atoms with Crippen molar-refractivity contribution < 1.29 is 9.66 Å². The summed E-state index contributed by atoms with van der Waals surface area (Å²) in [5, 5.41) is 13.3. The first-order valence-corrected chi connectivity index (χ1v) is 7.68. The number of aryl methyl sites for hydroxylation is 1. The molecule has 3 rings (SSSR count). The lowest BCUT2D eigenvalue weighted by molar-refractivity contribution is -0.384. The second-order valence-electron chi connectivity index (χ2n) is 5.02. The summed E-state index contributed by atoms with van der Waals surface area (Å²) in [7, 11) is 0. The number of morpholine rings is 1. The van der Waals surface area contributed by atoms with Gasteiger partial charge in [0.15, 0.2) is 0 Å². The number of hydrogen-bond acceptors (Lipinski definition) is 5. The van der Waals surface area contributed by atoms with Gasteiger partial charge in [-0.1, -0.05) is 18.2 Å². The molecule has 1 aromatic carbocycles. The predicted molar refractivity (Wildman–Crippen MR) is 83.1 cm³/mol. The number of rotatable bonds is 3. The van der Waals surface area contributed by atoms with Crippen molar-refractivity contribution in [3.05, 3.63) is 56.3 Å². The first-order chi connectivity index (χ1) is 10.2. The van der Waals surface area contributed by atoms with E-state index in [-0.39, 0.29) is 16.7 Å². The van der Waals surface area contributed by atoms with Crippen molar-refractivity contribution in [2.24, 2.45) is 0 Å². The summed E-state index contributed by atoms with van der Waals surface area (Å²) >= 11 is 1.66. The highest BCUT2D eigenvalue weighted by Gasteiger charge is 2.28. The van der Waals surface area contributed by atoms with Gasteiger partial charge in [0.25, 0.3) is 5.69 Å². The van der Waals surface area contributed by atoms with Crippen LogP contribution in [0.1, 0.15) is 16.5 Å². The number of benzene rings is 1. The summed E-state index contributed by atoms with van der Waals surface area (Å²) in [5.74, 6) is 0. The Bertz CT molecular complexity index is 642. The van der Waals surface area contributed by atoms with E-state index in [0.29, 0.717) is 25.4 Å². The molecule has 2 aromatic rings. The van der Waals surface area contributed by atoms with E-state index in [4.69, 9.17) is 4.74 Å². The molecule has 0 radical (unpaired) electrons. The number of nitro groups is 1. The Balaban J connectivity index is 1.92. The van der Waals surface area contributed by atoms with E-state index < -0.39 is 0 Å². The highest BCUT2D eigenvalue weighted by molar-refractivity contribution is 7.10. The molecular weight excluding hydrogens is 288 g/mol. The zero-order valence-electron chi connectivity index (χ0n) is 11.7. The zero-order chi connectivity index (χ0) is 14.8. The third kappa shape index (κ3) is 2.77. The molecule has 1 unspecified atom stereocenters. The topological polar surface area (TPSA) is 55.6 Å². The van der Waals surface area contributed by atoms with E-state index in [1.807, 2.05) is 30.5 Å². The minimum atomic E-state index is -0.308. The van der Waals surface area contributed by atoms with Crippen LogP contribution >= 0.6 is 11.3 Å². The number of ether oxygens (including phenoxy) is 1. The summed E-state index contributed by atoms with van der Waals surface area (Å²) < 4.78 is 5.81. The highest BCUT2D eigenvalue weighted by Crippen LogP contribution is 2.35. The van der Waals surface area contributed by atoms with Crippen LogP contribution in [0.4, 0.5) is 11.4 Å². The largest absolute Gasteiger partial charge is 0.369 e. The number of nitro benzene ring substituents is 1. The van der Waals surface area contributed by atoms with Crippen LogP contribution in [0, 0.1) is 17.0 Å². The number of para-hydroxylation sites is 1. The summed E-state index contributed by atoms with van der Waals surface area (Å²) in [6.07, 6.45) is -0.0158. The van der Waals surface area contributed by atoms with Crippen LogP contribution in [0.5, 0.6) is 0 Å². The highest BCUT2D eigenvalue weighted by atomic mass is 32.1. The molecule has 2 heterocycles. The minimum Gasteiger partial charge on any atom is -0.369 e. The summed E-state index contributed by atoms with van der Waals surface area (Å²) in [6.45, 7) is 3.81. The lowest BCUT2D eigenvalue weighted by atomic mass is 10.1. The molecule has 1 aliphatic heterocycles. The van der Waals surface area contributed by atoms with Gasteiger partial charge in [0.05, 0.1) is 11.5 Å². The second kappa shape index (κ2) is 5.83. The molecule has 0 amide bonds. The van der Waals surface area contributed by atoms with Crippen LogP contribution in [0.3, 0.4) is 0 Å². The fourth-order valence-electron chi connectivity index (χ4n) is 2.70. The number of nitrogens with zero attached hydrogens (tertiary/aromatic N) is 2. The van der Waals surface area contributed by atoms with Crippen molar-refractivity contribution in [2.75, 3.05) is 24.6 Å². The Hall–Kier alpha value is -1.92. The lowest BCUT2D eigenvalue weighted by Gasteiger charge is -2.34. The van der Waals surface area contributed by atoms with Crippen molar-refractivity contribution in [2.45, 2.75) is 13.0 Å². The summed E-state index contributed by atoms with van der Waals surface area (Å²) in [5.41, 5.74) is 1.81. The molecular formula is C15H16N2O3S. The van der Waals surface area contributed by atoms with Crippen molar-refractivity contribution in [3.63, 3.8) is 0 Å². The van der Waals surface area contributed by atoms with Crippen LogP contribution < -0.4 is 4.90 Å². The van der Waals surface area contributed by atoms with Gasteiger partial charge in [-0.05, 0) is 23.9 Å². The van der Waals surface area contributed by atoms with Gasteiger partial charge in [0.1, 0.15) is 11.8 Å². The molecule has 0 aliphatic carbocycles. The molecule has 5 nitrogen and oxygen atoms in total. The second-order valence-corrected chi connectivity index (χ2v) is 6.00. The van der Waals surface area contributed by atoms with Crippen LogP contribution in [-0.2, 0) is 4.74 Å². The Morgan fingerprint density at radius 1 is 1.38 bits per heavy atom. The average molecular weight is 304 g/mol. The molecule has 0 spiro atoms. The fourth-order valence-corrected chi connectivity index (χ4v) is 3.47. The number of hydrogen-bond donors (Lipinski definition) is 0. The van der Waals surface area contributed by atoms with Gasteiger partial charge < -0.3 is 9.64 Å². The normalized spacial score (nSPS) is 18.7. The van der Waals surface area contributed by atoms with Gasteiger partial charge >= 0.3 is 0 Å². The maximum absolute atomic E-state index is 11.3. The monoisotopic (exact) mass is 304 g/mol. The van der Waals surface area contributed by atoms with E-state index in [1.54, 1.807) is 23.5 Å². The molecule has 1 aromatic heterocycles. The molecule has 6 heteroatoms. The first kappa shape index (κ1) is 14.0. The maximum Gasteiger partial charge on any atom is 0.292 e. The predicted octanol–water partition coefficient (Wildman–Crippen LogP) is 3.54. The zero-order valence-corrected chi connectivity index (χ0v) is 12.5. The van der Waals surface area contributed by atoms with E-state index in [0.717, 1.165) is 10.4 Å². The van der Waals surface area contributed by atoms with Crippen molar-refractivity contribution in [1.29, 1.82) is 0 Å². The quantitative estimate of drug-likeness (QED) is 0.643. The molecule has 0 bridgehead atoms.